The van der Waals surface area contributed by atoms with Crippen LogP contribution in [0.2, 0.25) is 0 Å². The van der Waals surface area contributed by atoms with Gasteiger partial charge in [0, 0.05) is 36.1 Å². The van der Waals surface area contributed by atoms with Crippen molar-refractivity contribution in [1.82, 2.24) is 10.6 Å². The lowest BCUT2D eigenvalue weighted by Gasteiger charge is -2.17. The van der Waals surface area contributed by atoms with E-state index in [2.05, 4.69) is 10.6 Å². The zero-order valence-electron chi connectivity index (χ0n) is 12.5. The van der Waals surface area contributed by atoms with Crippen LogP contribution in [0.4, 0.5) is 26.3 Å². The van der Waals surface area contributed by atoms with Gasteiger partial charge in [-0.1, -0.05) is 0 Å². The van der Waals surface area contributed by atoms with E-state index in [0.29, 0.717) is 12.2 Å². The third-order valence-corrected chi connectivity index (χ3v) is 2.42. The van der Waals surface area contributed by atoms with Gasteiger partial charge in [-0.2, -0.15) is 26.3 Å². The maximum atomic E-state index is 12.1. The van der Waals surface area contributed by atoms with Gasteiger partial charge in [0.05, 0.1) is 0 Å². The van der Waals surface area contributed by atoms with Gasteiger partial charge in [0.2, 0.25) is 0 Å². The molecule has 0 aromatic carbocycles. The standard InChI is InChI=1S/C13H16F6N2O2/c1-7(4-10(22)12(14,15)16)20-6-9(3)21-8(2)5-11(23)13(17,18)19/h4-5,9,20-21H,6H2,1-3H3/b7-4-,8-5-. The molecule has 1 atom stereocenters. The quantitative estimate of drug-likeness (QED) is 0.550. The lowest BCUT2D eigenvalue weighted by atomic mass is 10.2. The van der Waals surface area contributed by atoms with Crippen molar-refractivity contribution in [3.63, 3.8) is 0 Å². The molecule has 0 aliphatic carbocycles. The fourth-order valence-electron chi connectivity index (χ4n) is 1.40. The number of hydrogen-bond acceptors (Lipinski definition) is 4. The monoisotopic (exact) mass is 346 g/mol. The highest BCUT2D eigenvalue weighted by molar-refractivity contribution is 5.95. The van der Waals surface area contributed by atoms with Gasteiger partial charge in [0.25, 0.3) is 11.6 Å². The molecule has 2 N–H and O–H groups in total. The van der Waals surface area contributed by atoms with Crippen molar-refractivity contribution in [2.45, 2.75) is 39.2 Å². The first-order valence-electron chi connectivity index (χ1n) is 6.32. The van der Waals surface area contributed by atoms with E-state index in [1.807, 2.05) is 0 Å². The third-order valence-electron chi connectivity index (χ3n) is 2.42. The molecular formula is C13H16F6N2O2. The highest BCUT2D eigenvalue weighted by Gasteiger charge is 2.37. The Bertz CT molecular complexity index is 506. The first kappa shape index (κ1) is 21.0. The van der Waals surface area contributed by atoms with Gasteiger partial charge in [0.15, 0.2) is 0 Å². The van der Waals surface area contributed by atoms with E-state index in [-0.39, 0.29) is 17.9 Å². The van der Waals surface area contributed by atoms with Crippen LogP contribution in [0, 0.1) is 0 Å². The SMILES string of the molecule is C/C(=C/C(=O)C(F)(F)F)NCC(C)N/C(C)=C\C(=O)C(F)(F)F. The van der Waals surface area contributed by atoms with Gasteiger partial charge >= 0.3 is 12.4 Å². The number of ketones is 2. The molecule has 23 heavy (non-hydrogen) atoms. The summed E-state index contributed by atoms with van der Waals surface area (Å²) in [6, 6.07) is -0.503. The molecule has 132 valence electrons. The van der Waals surface area contributed by atoms with Crippen LogP contribution in [0.3, 0.4) is 0 Å². The van der Waals surface area contributed by atoms with E-state index in [0.717, 1.165) is 0 Å². The van der Waals surface area contributed by atoms with Crippen LogP contribution in [0.5, 0.6) is 0 Å². The normalized spacial score (nSPS) is 15.2. The van der Waals surface area contributed by atoms with Crippen molar-refractivity contribution in [2.75, 3.05) is 6.54 Å². The first-order valence-corrected chi connectivity index (χ1v) is 6.32. The van der Waals surface area contributed by atoms with Gasteiger partial charge < -0.3 is 10.6 Å². The Balaban J connectivity index is 4.49. The second kappa shape index (κ2) is 8.02. The molecule has 1 unspecified atom stereocenters. The average molecular weight is 346 g/mol. The fraction of sp³-hybridized carbons (Fsp3) is 0.538. The summed E-state index contributed by atoms with van der Waals surface area (Å²) < 4.78 is 72.3. The zero-order valence-corrected chi connectivity index (χ0v) is 12.5. The van der Waals surface area contributed by atoms with E-state index < -0.39 is 30.0 Å². The highest BCUT2D eigenvalue weighted by atomic mass is 19.4. The molecule has 0 bridgehead atoms. The molecule has 0 aromatic heterocycles. The van der Waals surface area contributed by atoms with Crippen molar-refractivity contribution in [3.05, 3.63) is 23.5 Å². The molecule has 0 fully saturated rings. The number of nitrogens with one attached hydrogen (secondary N) is 2. The van der Waals surface area contributed by atoms with Crippen LogP contribution < -0.4 is 10.6 Å². The largest absolute Gasteiger partial charge is 0.454 e. The van der Waals surface area contributed by atoms with Crippen molar-refractivity contribution in [2.24, 2.45) is 0 Å². The second-order valence-electron chi connectivity index (χ2n) is 4.81. The molecule has 0 aliphatic rings. The topological polar surface area (TPSA) is 58.2 Å². The molecule has 0 saturated heterocycles. The van der Waals surface area contributed by atoms with E-state index in [4.69, 9.17) is 0 Å². The Hall–Kier alpha value is -2.00. The van der Waals surface area contributed by atoms with Gasteiger partial charge in [0.1, 0.15) is 0 Å². The first-order chi connectivity index (χ1) is 10.2. The second-order valence-corrected chi connectivity index (χ2v) is 4.81. The van der Waals surface area contributed by atoms with Crippen LogP contribution in [-0.4, -0.2) is 36.5 Å². The molecule has 0 aromatic rings. The maximum Gasteiger partial charge on any atom is 0.454 e. The predicted octanol–water partition coefficient (Wildman–Crippen LogP) is 2.62. The molecule has 0 heterocycles. The Morgan fingerprint density at radius 1 is 0.913 bits per heavy atom. The molecule has 0 radical (unpaired) electrons. The Morgan fingerprint density at radius 2 is 1.30 bits per heavy atom. The molecule has 10 heteroatoms. The summed E-state index contributed by atoms with van der Waals surface area (Å²) in [5.74, 6) is -4.04. The Labute approximate surface area is 128 Å². The molecule has 4 nitrogen and oxygen atoms in total. The van der Waals surface area contributed by atoms with Crippen LogP contribution in [-0.2, 0) is 9.59 Å². The van der Waals surface area contributed by atoms with Gasteiger partial charge in [-0.3, -0.25) is 9.59 Å². The molecule has 0 saturated carbocycles. The molecule has 0 spiro atoms. The Kier molecular flexibility index (Phi) is 7.32. The smallest absolute Gasteiger partial charge is 0.386 e. The van der Waals surface area contributed by atoms with Crippen molar-refractivity contribution < 1.29 is 35.9 Å². The summed E-state index contributed by atoms with van der Waals surface area (Å²) in [6.07, 6.45) is -9.18. The summed E-state index contributed by atoms with van der Waals surface area (Å²) in [5.41, 5.74) is -0.0939. The maximum absolute atomic E-state index is 12.1. The summed E-state index contributed by atoms with van der Waals surface area (Å²) in [4.78, 5) is 21.4. The summed E-state index contributed by atoms with van der Waals surface area (Å²) >= 11 is 0. The van der Waals surface area contributed by atoms with Gasteiger partial charge in [-0.15, -0.1) is 0 Å². The van der Waals surface area contributed by atoms with E-state index in [9.17, 15) is 35.9 Å². The predicted molar refractivity (Wildman–Crippen MR) is 70.2 cm³/mol. The number of carbonyl (C=O) groups excluding carboxylic acids is 2. The van der Waals surface area contributed by atoms with Gasteiger partial charge in [-0.05, 0) is 20.8 Å². The van der Waals surface area contributed by atoms with E-state index >= 15 is 0 Å². The molecular weight excluding hydrogens is 330 g/mol. The highest BCUT2D eigenvalue weighted by Crippen LogP contribution is 2.17. The van der Waals surface area contributed by atoms with Crippen molar-refractivity contribution >= 4 is 11.6 Å². The van der Waals surface area contributed by atoms with E-state index in [1.165, 1.54) is 20.8 Å². The van der Waals surface area contributed by atoms with Crippen molar-refractivity contribution in [1.29, 1.82) is 0 Å². The van der Waals surface area contributed by atoms with Crippen LogP contribution in [0.15, 0.2) is 23.5 Å². The minimum atomic E-state index is -4.97. The van der Waals surface area contributed by atoms with Gasteiger partial charge in [-0.25, -0.2) is 0 Å². The number of halogens is 6. The fourth-order valence-corrected chi connectivity index (χ4v) is 1.40. The van der Waals surface area contributed by atoms with Crippen LogP contribution in [0.25, 0.3) is 0 Å². The summed E-state index contributed by atoms with van der Waals surface area (Å²) in [7, 11) is 0. The van der Waals surface area contributed by atoms with Crippen LogP contribution >= 0.6 is 0 Å². The van der Waals surface area contributed by atoms with Crippen molar-refractivity contribution in [3.8, 4) is 0 Å². The number of rotatable bonds is 7. The average Bonchev–Trinajstić information content (AvgIpc) is 2.33. The molecule has 0 aliphatic heterocycles. The minimum Gasteiger partial charge on any atom is -0.386 e. The minimum absolute atomic E-state index is 0.0266. The number of alkyl halides is 6. The van der Waals surface area contributed by atoms with Crippen LogP contribution in [0.1, 0.15) is 20.8 Å². The third kappa shape index (κ3) is 8.89. The number of carbonyl (C=O) groups is 2. The number of hydrogen-bond donors (Lipinski definition) is 2. The summed E-state index contributed by atoms with van der Waals surface area (Å²) in [5, 5.41) is 5.08. The Morgan fingerprint density at radius 3 is 1.70 bits per heavy atom. The van der Waals surface area contributed by atoms with E-state index in [1.54, 1.807) is 0 Å². The number of allylic oxidation sites excluding steroid dienone is 4. The summed E-state index contributed by atoms with van der Waals surface area (Å²) in [6.45, 7) is 4.04. The zero-order chi connectivity index (χ0) is 18.4. The molecule has 0 rings (SSSR count). The molecule has 0 amide bonds. The lowest BCUT2D eigenvalue weighted by Crippen LogP contribution is -2.35. The lowest BCUT2D eigenvalue weighted by molar-refractivity contribution is -0.165.